The number of nitrogens with zero attached hydrogens (tertiary/aromatic N) is 2. The number of hydrogen-bond acceptors (Lipinski definition) is 3. The topological polar surface area (TPSA) is 56.2 Å². The van der Waals surface area contributed by atoms with Gasteiger partial charge >= 0.3 is 12.8 Å². The number of ether oxygens (including phenoxy) is 1. The summed E-state index contributed by atoms with van der Waals surface area (Å²) in [6, 6.07) is 3.50. The van der Waals surface area contributed by atoms with Crippen LogP contribution in [-0.4, -0.2) is 22.3 Å². The lowest BCUT2D eigenvalue weighted by molar-refractivity contribution is -0.141. The quantitative estimate of drug-likeness (QED) is 0.745. The minimum absolute atomic E-state index is 0.181. The van der Waals surface area contributed by atoms with Gasteiger partial charge < -0.3 is 10.1 Å². The summed E-state index contributed by atoms with van der Waals surface area (Å²) in [4.78, 5) is 12.2. The van der Waals surface area contributed by atoms with Crippen LogP contribution in [0, 0.1) is 18.7 Å². The second kappa shape index (κ2) is 7.89. The second-order valence-corrected chi connectivity index (χ2v) is 5.76. The molecular formula is C16H15F6N3O2. The summed E-state index contributed by atoms with van der Waals surface area (Å²) in [5, 5.41) is 5.71. The normalized spacial score (nSPS) is 12.9. The van der Waals surface area contributed by atoms with Crippen molar-refractivity contribution < 1.29 is 35.9 Å². The number of rotatable bonds is 6. The molecule has 1 atom stereocenters. The molecule has 2 aromatic rings. The number of benzene rings is 1. The van der Waals surface area contributed by atoms with Gasteiger partial charge in [0.25, 0.3) is 0 Å². The Labute approximate surface area is 149 Å². The Morgan fingerprint density at radius 2 is 1.96 bits per heavy atom. The van der Waals surface area contributed by atoms with Crippen molar-refractivity contribution in [1.82, 2.24) is 9.78 Å². The minimum atomic E-state index is -4.61. The molecule has 0 saturated carbocycles. The third kappa shape index (κ3) is 5.38. The van der Waals surface area contributed by atoms with E-state index in [1.165, 1.54) is 13.8 Å². The lowest BCUT2D eigenvalue weighted by Crippen LogP contribution is -2.26. The molecule has 27 heavy (non-hydrogen) atoms. The first-order chi connectivity index (χ1) is 12.5. The highest BCUT2D eigenvalue weighted by atomic mass is 19.4. The molecule has 0 spiro atoms. The van der Waals surface area contributed by atoms with E-state index >= 15 is 0 Å². The highest BCUT2D eigenvalue weighted by molar-refractivity contribution is 5.93. The Kier molecular flexibility index (Phi) is 6.01. The summed E-state index contributed by atoms with van der Waals surface area (Å²) >= 11 is 0. The van der Waals surface area contributed by atoms with E-state index < -0.39 is 41.9 Å². The lowest BCUT2D eigenvalue weighted by Gasteiger charge is -2.16. The smallest absolute Gasteiger partial charge is 0.432 e. The van der Waals surface area contributed by atoms with Gasteiger partial charge in [0.2, 0.25) is 5.91 Å². The molecule has 2 rings (SSSR count). The van der Waals surface area contributed by atoms with Crippen LogP contribution < -0.4 is 10.1 Å². The first-order valence-corrected chi connectivity index (χ1v) is 7.64. The zero-order chi connectivity index (χ0) is 20.4. The fourth-order valence-corrected chi connectivity index (χ4v) is 2.22. The fraction of sp³-hybridized carbons (Fsp3) is 0.375. The Morgan fingerprint density at radius 3 is 2.52 bits per heavy atom. The zero-order valence-electron chi connectivity index (χ0n) is 14.1. The van der Waals surface area contributed by atoms with E-state index in [1.54, 1.807) is 0 Å². The molecule has 1 aromatic heterocycles. The fourth-order valence-electron chi connectivity index (χ4n) is 2.22. The van der Waals surface area contributed by atoms with Crippen LogP contribution >= 0.6 is 0 Å². The van der Waals surface area contributed by atoms with Gasteiger partial charge in [-0.05, 0) is 25.1 Å². The van der Waals surface area contributed by atoms with Crippen LogP contribution in [-0.2, 0) is 17.5 Å². The van der Waals surface area contributed by atoms with E-state index in [0.29, 0.717) is 6.07 Å². The molecule has 1 unspecified atom stereocenters. The lowest BCUT2D eigenvalue weighted by atomic mass is 10.1. The van der Waals surface area contributed by atoms with Gasteiger partial charge in [-0.3, -0.25) is 9.48 Å². The SMILES string of the molecule is Cc1cc(C(F)(F)F)nn1CC(C)C(=O)Nc1ccc(F)cc1OC(F)F. The van der Waals surface area contributed by atoms with E-state index in [1.807, 2.05) is 0 Å². The highest BCUT2D eigenvalue weighted by Gasteiger charge is 2.34. The van der Waals surface area contributed by atoms with E-state index in [-0.39, 0.29) is 17.9 Å². The molecule has 0 aliphatic heterocycles. The van der Waals surface area contributed by atoms with Crippen LogP contribution in [0.3, 0.4) is 0 Å². The molecule has 1 aromatic carbocycles. The maximum absolute atomic E-state index is 13.2. The summed E-state index contributed by atoms with van der Waals surface area (Å²) < 4.78 is 81.2. The molecular weight excluding hydrogens is 380 g/mol. The average Bonchev–Trinajstić information content (AvgIpc) is 2.90. The number of anilines is 1. The Bertz CT molecular complexity index is 819. The Hall–Kier alpha value is -2.72. The average molecular weight is 395 g/mol. The molecule has 0 aliphatic rings. The molecule has 1 amide bonds. The summed E-state index contributed by atoms with van der Waals surface area (Å²) in [5.41, 5.74) is -1.08. The maximum atomic E-state index is 13.2. The number of hydrogen-bond donors (Lipinski definition) is 1. The van der Waals surface area contributed by atoms with Gasteiger partial charge in [0.05, 0.1) is 18.2 Å². The molecule has 11 heteroatoms. The van der Waals surface area contributed by atoms with Crippen LogP contribution in [0.1, 0.15) is 18.3 Å². The number of aryl methyl sites for hydroxylation is 1. The second-order valence-electron chi connectivity index (χ2n) is 5.76. The van der Waals surface area contributed by atoms with Crippen LogP contribution in [0.15, 0.2) is 24.3 Å². The number of aromatic nitrogens is 2. The Morgan fingerprint density at radius 1 is 1.30 bits per heavy atom. The number of amides is 1. The summed E-state index contributed by atoms with van der Waals surface area (Å²) in [6.45, 7) is -0.588. The molecule has 1 heterocycles. The first-order valence-electron chi connectivity index (χ1n) is 7.64. The van der Waals surface area contributed by atoms with Gasteiger partial charge in [-0.1, -0.05) is 6.92 Å². The number of carbonyl (C=O) groups excluding carboxylic acids is 1. The summed E-state index contributed by atoms with van der Waals surface area (Å²) in [7, 11) is 0. The van der Waals surface area contributed by atoms with Crippen LogP contribution in [0.5, 0.6) is 5.75 Å². The van der Waals surface area contributed by atoms with Crippen molar-refractivity contribution in [3.05, 3.63) is 41.5 Å². The molecule has 0 radical (unpaired) electrons. The number of alkyl halides is 5. The van der Waals surface area contributed by atoms with Gasteiger partial charge in [-0.15, -0.1) is 0 Å². The number of nitrogens with one attached hydrogen (secondary N) is 1. The van der Waals surface area contributed by atoms with Crippen molar-refractivity contribution >= 4 is 11.6 Å². The van der Waals surface area contributed by atoms with Crippen molar-refractivity contribution in [1.29, 1.82) is 0 Å². The van der Waals surface area contributed by atoms with Crippen LogP contribution in [0.25, 0.3) is 0 Å². The maximum Gasteiger partial charge on any atom is 0.435 e. The predicted molar refractivity (Wildman–Crippen MR) is 82.8 cm³/mol. The third-order valence-electron chi connectivity index (χ3n) is 3.58. The standard InChI is InChI=1S/C16H15F6N3O2/c1-8(7-25-9(2)5-13(24-25)16(20,21)22)14(26)23-11-4-3-10(17)6-12(11)27-15(18)19/h3-6,8,15H,7H2,1-2H3,(H,23,26). The molecule has 1 N–H and O–H groups in total. The molecule has 0 fully saturated rings. The number of carbonyl (C=O) groups is 1. The van der Waals surface area contributed by atoms with E-state index in [2.05, 4.69) is 15.2 Å². The molecule has 5 nitrogen and oxygen atoms in total. The molecule has 0 bridgehead atoms. The van der Waals surface area contributed by atoms with Crippen LogP contribution in [0.4, 0.5) is 32.0 Å². The van der Waals surface area contributed by atoms with Gasteiger partial charge in [0, 0.05) is 11.8 Å². The van der Waals surface area contributed by atoms with Gasteiger partial charge in [0.15, 0.2) is 11.4 Å². The van der Waals surface area contributed by atoms with Crippen LogP contribution in [0.2, 0.25) is 0 Å². The molecule has 148 valence electrons. The van der Waals surface area contributed by atoms with Gasteiger partial charge in [-0.25, -0.2) is 4.39 Å². The van der Waals surface area contributed by atoms with Crippen molar-refractivity contribution in [2.45, 2.75) is 33.2 Å². The molecule has 0 saturated heterocycles. The van der Waals surface area contributed by atoms with Gasteiger partial charge in [-0.2, -0.15) is 27.1 Å². The third-order valence-corrected chi connectivity index (χ3v) is 3.58. The highest BCUT2D eigenvalue weighted by Crippen LogP contribution is 2.29. The number of halogens is 6. The van der Waals surface area contributed by atoms with E-state index in [0.717, 1.165) is 22.9 Å². The molecule has 0 aliphatic carbocycles. The zero-order valence-corrected chi connectivity index (χ0v) is 14.1. The Balaban J connectivity index is 2.12. The summed E-state index contributed by atoms with van der Waals surface area (Å²) in [6.07, 6.45) is -4.61. The van der Waals surface area contributed by atoms with Crippen molar-refractivity contribution in [2.75, 3.05) is 5.32 Å². The van der Waals surface area contributed by atoms with Gasteiger partial charge in [0.1, 0.15) is 5.82 Å². The van der Waals surface area contributed by atoms with Crippen molar-refractivity contribution in [3.8, 4) is 5.75 Å². The van der Waals surface area contributed by atoms with E-state index in [4.69, 9.17) is 0 Å². The van der Waals surface area contributed by atoms with E-state index in [9.17, 15) is 31.1 Å². The minimum Gasteiger partial charge on any atom is -0.432 e. The largest absolute Gasteiger partial charge is 0.435 e. The first kappa shape index (κ1) is 20.6. The summed E-state index contributed by atoms with van der Waals surface area (Å²) in [5.74, 6) is -2.97. The van der Waals surface area contributed by atoms with Crippen molar-refractivity contribution in [3.63, 3.8) is 0 Å². The van der Waals surface area contributed by atoms with Crippen molar-refractivity contribution in [2.24, 2.45) is 5.92 Å². The predicted octanol–water partition coefficient (Wildman–Crippen LogP) is 4.23. The monoisotopic (exact) mass is 395 g/mol.